The zero-order chi connectivity index (χ0) is 25.4. The Morgan fingerprint density at radius 2 is 2.00 bits per heavy atom. The van der Waals surface area contributed by atoms with Crippen LogP contribution >= 0.6 is 0 Å². The first kappa shape index (κ1) is 24.5. The van der Waals surface area contributed by atoms with Crippen molar-refractivity contribution in [2.75, 3.05) is 5.75 Å². The van der Waals surface area contributed by atoms with E-state index in [-0.39, 0.29) is 35.1 Å². The van der Waals surface area contributed by atoms with E-state index in [9.17, 15) is 17.2 Å². The van der Waals surface area contributed by atoms with Crippen molar-refractivity contribution in [3.05, 3.63) is 71.6 Å². The predicted molar refractivity (Wildman–Crippen MR) is 125 cm³/mol. The molecule has 2 N–H and O–H groups in total. The Kier molecular flexibility index (Phi) is 6.18. The number of oxazole rings is 1. The van der Waals surface area contributed by atoms with E-state index in [1.165, 1.54) is 57.8 Å². The number of rotatable bonds is 6. The molecule has 0 saturated carbocycles. The number of halogens is 2. The first-order chi connectivity index (χ1) is 16.4. The maximum absolute atomic E-state index is 14.9. The molecule has 3 heterocycles. The predicted octanol–water partition coefficient (Wildman–Crippen LogP) is 3.43. The fourth-order valence-electron chi connectivity index (χ4n) is 3.52. The molecule has 0 bridgehead atoms. The van der Waals surface area contributed by atoms with Gasteiger partial charge in [0, 0.05) is 5.56 Å². The van der Waals surface area contributed by atoms with Gasteiger partial charge in [-0.15, -0.1) is 0 Å². The van der Waals surface area contributed by atoms with E-state index in [4.69, 9.17) is 14.9 Å². The van der Waals surface area contributed by atoms with Crippen molar-refractivity contribution in [2.45, 2.75) is 37.7 Å². The van der Waals surface area contributed by atoms with Crippen molar-refractivity contribution in [3.8, 4) is 5.88 Å². The molecule has 0 saturated heterocycles. The second kappa shape index (κ2) is 8.84. The summed E-state index contributed by atoms with van der Waals surface area (Å²) >= 11 is 0. The van der Waals surface area contributed by atoms with E-state index in [2.05, 4.69) is 19.9 Å². The van der Waals surface area contributed by atoms with Gasteiger partial charge in [0.1, 0.15) is 33.9 Å². The Morgan fingerprint density at radius 1 is 1.23 bits per heavy atom. The molecule has 12 heteroatoms. The van der Waals surface area contributed by atoms with E-state index in [0.29, 0.717) is 5.89 Å². The highest BCUT2D eigenvalue weighted by Crippen LogP contribution is 2.38. The van der Waals surface area contributed by atoms with Gasteiger partial charge in [-0.1, -0.05) is 6.07 Å². The number of nitrogens with zero attached hydrogens (tertiary/aromatic N) is 4. The monoisotopic (exact) mass is 503 g/mol. The third-order valence-corrected chi connectivity index (χ3v) is 8.50. The minimum Gasteiger partial charge on any atom is -0.467 e. The molecule has 1 aromatic carbocycles. The second-order valence-corrected chi connectivity index (χ2v) is 11.3. The molecule has 0 radical (unpaired) electrons. The van der Waals surface area contributed by atoms with Gasteiger partial charge in [-0.25, -0.2) is 32.2 Å². The van der Waals surface area contributed by atoms with Crippen LogP contribution in [0.3, 0.4) is 0 Å². The SMILES string of the molecule is CC1(c2cc(C=C(F)c3cnc(OCc4ncco4)cn3)ccc2F)CS(=O)(=O)C(C)(C)C(N)=N1. The highest BCUT2D eigenvalue weighted by molar-refractivity contribution is 7.93. The van der Waals surface area contributed by atoms with Crippen LogP contribution in [0.25, 0.3) is 11.9 Å². The molecule has 184 valence electrons. The average molecular weight is 504 g/mol. The summed E-state index contributed by atoms with van der Waals surface area (Å²) in [6, 6.07) is 3.83. The van der Waals surface area contributed by atoms with Gasteiger partial charge in [0.2, 0.25) is 11.8 Å². The number of nitrogens with two attached hydrogens (primary N) is 1. The summed E-state index contributed by atoms with van der Waals surface area (Å²) in [5.74, 6) is -1.47. The van der Waals surface area contributed by atoms with Crippen LogP contribution in [0.1, 0.15) is 43.5 Å². The molecule has 1 atom stereocenters. The number of aliphatic imine (C=N–C) groups is 1. The molecule has 9 nitrogen and oxygen atoms in total. The molecule has 35 heavy (non-hydrogen) atoms. The molecular weight excluding hydrogens is 480 g/mol. The molecule has 1 aliphatic rings. The Labute approximate surface area is 200 Å². The summed E-state index contributed by atoms with van der Waals surface area (Å²) in [7, 11) is -3.74. The maximum Gasteiger partial charge on any atom is 0.232 e. The third-order valence-electron chi connectivity index (χ3n) is 5.80. The van der Waals surface area contributed by atoms with E-state index in [0.717, 1.165) is 12.1 Å². The lowest BCUT2D eigenvalue weighted by molar-refractivity contribution is 0.252. The van der Waals surface area contributed by atoms with Crippen molar-refractivity contribution in [3.63, 3.8) is 0 Å². The van der Waals surface area contributed by atoms with Crippen LogP contribution in [0.5, 0.6) is 5.88 Å². The van der Waals surface area contributed by atoms with Gasteiger partial charge in [0.15, 0.2) is 22.3 Å². The Bertz CT molecular complexity index is 1400. The zero-order valence-electron chi connectivity index (χ0n) is 19.2. The lowest BCUT2D eigenvalue weighted by atomic mass is 9.91. The number of hydrogen-bond donors (Lipinski definition) is 1. The largest absolute Gasteiger partial charge is 0.467 e. The quantitative estimate of drug-likeness (QED) is 0.541. The fourth-order valence-corrected chi connectivity index (χ4v) is 5.21. The normalized spacial score (nSPS) is 21.4. The summed E-state index contributed by atoms with van der Waals surface area (Å²) < 4.78 is 64.3. The maximum atomic E-state index is 14.9. The van der Waals surface area contributed by atoms with Crippen molar-refractivity contribution in [1.82, 2.24) is 15.0 Å². The molecule has 2 aromatic heterocycles. The minimum absolute atomic E-state index is 0.0116. The Hall–Kier alpha value is -3.67. The van der Waals surface area contributed by atoms with Gasteiger partial charge in [-0.2, -0.15) is 0 Å². The standard InChI is InChI=1S/C23H23F2N5O4S/c1-22(2)21(26)30-23(3,13-35(22,31)32)15-8-14(4-5-16(15)24)9-17(25)18-10-29-19(11-28-18)34-12-20-27-6-7-33-20/h4-11H,12-13H2,1-3H3,(H2,26,30). The smallest absolute Gasteiger partial charge is 0.232 e. The number of ether oxygens (including phenoxy) is 1. The van der Waals surface area contributed by atoms with Crippen LogP contribution in [-0.2, 0) is 22.0 Å². The third kappa shape index (κ3) is 4.78. The first-order valence-corrected chi connectivity index (χ1v) is 12.2. The van der Waals surface area contributed by atoms with E-state index in [1.807, 2.05) is 0 Å². The molecule has 3 aromatic rings. The number of amidine groups is 1. The minimum atomic E-state index is -3.74. The highest BCUT2D eigenvalue weighted by Gasteiger charge is 2.49. The van der Waals surface area contributed by atoms with E-state index < -0.39 is 37.5 Å². The summed E-state index contributed by atoms with van der Waals surface area (Å²) in [6.07, 6.45) is 6.45. The van der Waals surface area contributed by atoms with Gasteiger partial charge in [-0.05, 0) is 44.5 Å². The lowest BCUT2D eigenvalue weighted by Crippen LogP contribution is -2.55. The van der Waals surface area contributed by atoms with E-state index >= 15 is 0 Å². The van der Waals surface area contributed by atoms with Gasteiger partial charge in [-0.3, -0.25) is 4.99 Å². The lowest BCUT2D eigenvalue weighted by Gasteiger charge is -2.38. The Balaban J connectivity index is 1.59. The molecule has 0 amide bonds. The van der Waals surface area contributed by atoms with E-state index in [1.54, 1.807) is 0 Å². The van der Waals surface area contributed by atoms with Crippen molar-refractivity contribution in [1.29, 1.82) is 0 Å². The van der Waals surface area contributed by atoms with Gasteiger partial charge in [0.25, 0.3) is 0 Å². The van der Waals surface area contributed by atoms with Crippen molar-refractivity contribution < 1.29 is 26.4 Å². The fraction of sp³-hybridized carbons (Fsp3) is 0.304. The molecule has 1 aliphatic heterocycles. The highest BCUT2D eigenvalue weighted by atomic mass is 32.2. The van der Waals surface area contributed by atoms with Crippen LogP contribution in [-0.4, -0.2) is 39.7 Å². The first-order valence-electron chi connectivity index (χ1n) is 10.5. The molecule has 4 rings (SSSR count). The number of hydrogen-bond acceptors (Lipinski definition) is 9. The summed E-state index contributed by atoms with van der Waals surface area (Å²) in [4.78, 5) is 16.2. The summed E-state index contributed by atoms with van der Waals surface area (Å²) in [5, 5.41) is 0. The Morgan fingerprint density at radius 3 is 2.63 bits per heavy atom. The average Bonchev–Trinajstić information content (AvgIpc) is 3.31. The molecular formula is C23H23F2N5O4S. The zero-order valence-corrected chi connectivity index (χ0v) is 20.0. The van der Waals surface area contributed by atoms with Crippen molar-refractivity contribution in [2.24, 2.45) is 10.7 Å². The number of sulfone groups is 1. The van der Waals surface area contributed by atoms with Gasteiger partial charge < -0.3 is 14.9 Å². The van der Waals surface area contributed by atoms with Crippen LogP contribution < -0.4 is 10.5 Å². The number of benzene rings is 1. The number of aromatic nitrogens is 3. The van der Waals surface area contributed by atoms with Gasteiger partial charge >= 0.3 is 0 Å². The van der Waals surface area contributed by atoms with Crippen LogP contribution in [0.2, 0.25) is 0 Å². The molecule has 1 unspecified atom stereocenters. The molecule has 0 spiro atoms. The van der Waals surface area contributed by atoms with Gasteiger partial charge in [0.05, 0.1) is 24.3 Å². The van der Waals surface area contributed by atoms with Crippen LogP contribution in [0.4, 0.5) is 8.78 Å². The van der Waals surface area contributed by atoms with Crippen LogP contribution in [0.15, 0.2) is 52.5 Å². The van der Waals surface area contributed by atoms with Crippen LogP contribution in [0, 0.1) is 5.82 Å². The molecule has 0 fully saturated rings. The molecule has 0 aliphatic carbocycles. The second-order valence-electron chi connectivity index (χ2n) is 8.73. The summed E-state index contributed by atoms with van der Waals surface area (Å²) in [6.45, 7) is 4.43. The summed E-state index contributed by atoms with van der Waals surface area (Å²) in [5.41, 5.74) is 4.68. The topological polar surface area (TPSA) is 134 Å². The van der Waals surface area contributed by atoms with Crippen molar-refractivity contribution >= 4 is 27.6 Å².